The number of sulfonamides is 1. The normalized spacial score (nSPS) is 16.7. The molecule has 0 heterocycles. The number of hydrogen-bond donors (Lipinski definition) is 2. The number of halogens is 1. The number of hydrogen-bond acceptors (Lipinski definition) is 5. The SMILES string of the molecule is COc1ccc(Cl)cc1NS(=O)(=O)c1ccc(OC)c2c1CC[C@H](N)C2. The van der Waals surface area contributed by atoms with Crippen LogP contribution in [0.3, 0.4) is 0 Å². The number of methoxy groups -OCH3 is 2. The average molecular weight is 397 g/mol. The topological polar surface area (TPSA) is 90.6 Å². The number of ether oxygens (including phenoxy) is 2. The standard InChI is InChI=1S/C18H21ClN2O4S/c1-24-16-7-8-18(13-5-4-12(20)10-14(13)16)26(22,23)21-15-9-11(19)3-6-17(15)25-2/h3,6-9,12,21H,4-5,10,20H2,1-2H3/t12-/m0/s1. The first-order valence-electron chi connectivity index (χ1n) is 8.16. The summed E-state index contributed by atoms with van der Waals surface area (Å²) in [4.78, 5) is 0.224. The molecule has 3 rings (SSSR count). The summed E-state index contributed by atoms with van der Waals surface area (Å²) in [6.45, 7) is 0. The fraction of sp³-hybridized carbons (Fsp3) is 0.333. The number of fused-ring (bicyclic) bond motifs is 1. The molecule has 2 aromatic rings. The summed E-state index contributed by atoms with van der Waals surface area (Å²) in [5.41, 5.74) is 7.95. The van der Waals surface area contributed by atoms with Gasteiger partial charge in [0.2, 0.25) is 0 Å². The molecule has 0 aromatic heterocycles. The molecule has 1 aliphatic carbocycles. The van der Waals surface area contributed by atoms with E-state index in [9.17, 15) is 8.42 Å². The minimum absolute atomic E-state index is 0.00432. The van der Waals surface area contributed by atoms with Gasteiger partial charge in [0.25, 0.3) is 10.0 Å². The van der Waals surface area contributed by atoms with Crippen LogP contribution in [0.15, 0.2) is 35.2 Å². The highest BCUT2D eigenvalue weighted by Crippen LogP contribution is 2.36. The fourth-order valence-electron chi connectivity index (χ4n) is 3.24. The Labute approximate surface area is 158 Å². The molecule has 0 fully saturated rings. The maximum atomic E-state index is 13.1. The van der Waals surface area contributed by atoms with Crippen molar-refractivity contribution in [3.05, 3.63) is 46.5 Å². The maximum Gasteiger partial charge on any atom is 0.262 e. The molecule has 3 N–H and O–H groups in total. The maximum absolute atomic E-state index is 13.1. The Hall–Kier alpha value is -1.96. The largest absolute Gasteiger partial charge is 0.496 e. The van der Waals surface area contributed by atoms with Crippen molar-refractivity contribution >= 4 is 27.3 Å². The van der Waals surface area contributed by atoms with Gasteiger partial charge < -0.3 is 15.2 Å². The van der Waals surface area contributed by atoms with Crippen LogP contribution >= 0.6 is 11.6 Å². The van der Waals surface area contributed by atoms with E-state index in [1.165, 1.54) is 13.2 Å². The zero-order valence-electron chi connectivity index (χ0n) is 14.6. The van der Waals surface area contributed by atoms with Gasteiger partial charge in [-0.15, -0.1) is 0 Å². The van der Waals surface area contributed by atoms with Crippen LogP contribution in [0.5, 0.6) is 11.5 Å². The van der Waals surface area contributed by atoms with E-state index >= 15 is 0 Å². The molecule has 140 valence electrons. The quantitative estimate of drug-likeness (QED) is 0.810. The summed E-state index contributed by atoms with van der Waals surface area (Å²) < 4.78 is 39.3. The van der Waals surface area contributed by atoms with Gasteiger partial charge in [-0.05, 0) is 55.2 Å². The summed E-state index contributed by atoms with van der Waals surface area (Å²) >= 11 is 6.00. The Morgan fingerprint density at radius 1 is 1.12 bits per heavy atom. The molecule has 0 amide bonds. The first kappa shape index (κ1) is 18.8. The van der Waals surface area contributed by atoms with Crippen LogP contribution in [0.4, 0.5) is 5.69 Å². The molecule has 0 saturated heterocycles. The van der Waals surface area contributed by atoms with Crippen molar-refractivity contribution in [2.45, 2.75) is 30.2 Å². The second-order valence-corrected chi connectivity index (χ2v) is 8.26. The number of nitrogens with two attached hydrogens (primary N) is 1. The van der Waals surface area contributed by atoms with Crippen molar-refractivity contribution in [1.82, 2.24) is 0 Å². The van der Waals surface area contributed by atoms with E-state index in [0.717, 1.165) is 17.5 Å². The molecule has 26 heavy (non-hydrogen) atoms. The van der Waals surface area contributed by atoms with Crippen LogP contribution in [0, 0.1) is 0 Å². The average Bonchev–Trinajstić information content (AvgIpc) is 2.60. The van der Waals surface area contributed by atoms with E-state index in [1.54, 1.807) is 31.4 Å². The second-order valence-electron chi connectivity index (χ2n) is 6.18. The molecule has 1 atom stereocenters. The van der Waals surface area contributed by atoms with E-state index in [-0.39, 0.29) is 16.6 Å². The molecule has 6 nitrogen and oxygen atoms in total. The Balaban J connectivity index is 2.06. The molecule has 0 bridgehead atoms. The van der Waals surface area contributed by atoms with Crippen molar-refractivity contribution in [1.29, 1.82) is 0 Å². The van der Waals surface area contributed by atoms with Crippen molar-refractivity contribution in [2.75, 3.05) is 18.9 Å². The molecule has 2 aromatic carbocycles. The predicted molar refractivity (Wildman–Crippen MR) is 102 cm³/mol. The van der Waals surface area contributed by atoms with Gasteiger partial charge in [-0.3, -0.25) is 4.72 Å². The van der Waals surface area contributed by atoms with Crippen molar-refractivity contribution in [3.8, 4) is 11.5 Å². The third kappa shape index (κ3) is 3.60. The molecule has 0 radical (unpaired) electrons. The summed E-state index contributed by atoms with van der Waals surface area (Å²) in [5.74, 6) is 1.05. The van der Waals surface area contributed by atoms with Gasteiger partial charge in [-0.2, -0.15) is 0 Å². The van der Waals surface area contributed by atoms with Crippen LogP contribution < -0.4 is 19.9 Å². The minimum Gasteiger partial charge on any atom is -0.496 e. The van der Waals surface area contributed by atoms with Gasteiger partial charge in [0.05, 0.1) is 24.8 Å². The van der Waals surface area contributed by atoms with Crippen molar-refractivity contribution in [2.24, 2.45) is 5.73 Å². The van der Waals surface area contributed by atoms with E-state index in [1.807, 2.05) is 0 Å². The van der Waals surface area contributed by atoms with Crippen molar-refractivity contribution < 1.29 is 17.9 Å². The molecule has 8 heteroatoms. The number of rotatable bonds is 5. The van der Waals surface area contributed by atoms with Gasteiger partial charge in [0, 0.05) is 16.6 Å². The minimum atomic E-state index is -3.83. The number of anilines is 1. The number of benzene rings is 2. The van der Waals surface area contributed by atoms with Gasteiger partial charge >= 0.3 is 0 Å². The third-order valence-corrected chi connectivity index (χ3v) is 6.18. The number of nitrogens with one attached hydrogen (secondary N) is 1. The third-order valence-electron chi connectivity index (χ3n) is 4.49. The van der Waals surface area contributed by atoms with Crippen LogP contribution in [-0.4, -0.2) is 28.7 Å². The Kier molecular flexibility index (Phi) is 5.32. The Morgan fingerprint density at radius 3 is 2.50 bits per heavy atom. The molecule has 1 aliphatic rings. The van der Waals surface area contributed by atoms with Crippen LogP contribution in [0.1, 0.15) is 17.5 Å². The van der Waals surface area contributed by atoms with Crippen molar-refractivity contribution in [3.63, 3.8) is 0 Å². The Morgan fingerprint density at radius 2 is 1.81 bits per heavy atom. The lowest BCUT2D eigenvalue weighted by atomic mass is 9.88. The second kappa shape index (κ2) is 7.34. The lowest BCUT2D eigenvalue weighted by Gasteiger charge is -2.26. The molecular formula is C18H21ClN2O4S. The van der Waals surface area contributed by atoms with E-state index in [2.05, 4.69) is 4.72 Å². The highest BCUT2D eigenvalue weighted by atomic mass is 35.5. The van der Waals surface area contributed by atoms with Crippen LogP contribution in [-0.2, 0) is 22.9 Å². The monoisotopic (exact) mass is 396 g/mol. The Bertz CT molecular complexity index is 931. The summed E-state index contributed by atoms with van der Waals surface area (Å²) in [7, 11) is -0.793. The first-order chi connectivity index (χ1) is 12.4. The first-order valence-corrected chi connectivity index (χ1v) is 10.0. The summed E-state index contributed by atoms with van der Waals surface area (Å²) in [6.07, 6.45) is 1.89. The van der Waals surface area contributed by atoms with Gasteiger partial charge in [0.15, 0.2) is 0 Å². The fourth-order valence-corrected chi connectivity index (χ4v) is 4.77. The smallest absolute Gasteiger partial charge is 0.262 e. The molecule has 0 aliphatic heterocycles. The highest BCUT2D eigenvalue weighted by Gasteiger charge is 2.28. The van der Waals surface area contributed by atoms with E-state index < -0.39 is 10.0 Å². The molecule has 0 unspecified atom stereocenters. The lowest BCUT2D eigenvalue weighted by Crippen LogP contribution is -2.29. The lowest BCUT2D eigenvalue weighted by molar-refractivity contribution is 0.402. The van der Waals surface area contributed by atoms with Crippen LogP contribution in [0.2, 0.25) is 5.02 Å². The summed E-state index contributed by atoms with van der Waals surface area (Å²) in [6, 6.07) is 7.99. The molecule has 0 spiro atoms. The van der Waals surface area contributed by atoms with E-state index in [4.69, 9.17) is 26.8 Å². The van der Waals surface area contributed by atoms with Gasteiger partial charge in [0.1, 0.15) is 11.5 Å². The highest BCUT2D eigenvalue weighted by molar-refractivity contribution is 7.92. The van der Waals surface area contributed by atoms with Crippen LogP contribution in [0.25, 0.3) is 0 Å². The van der Waals surface area contributed by atoms with E-state index in [0.29, 0.717) is 29.4 Å². The van der Waals surface area contributed by atoms with Gasteiger partial charge in [-0.1, -0.05) is 11.6 Å². The predicted octanol–water partition coefficient (Wildman–Crippen LogP) is 2.97. The molecule has 0 saturated carbocycles. The molecular weight excluding hydrogens is 376 g/mol. The van der Waals surface area contributed by atoms with Gasteiger partial charge in [-0.25, -0.2) is 8.42 Å². The zero-order chi connectivity index (χ0) is 18.9. The zero-order valence-corrected chi connectivity index (χ0v) is 16.2. The summed E-state index contributed by atoms with van der Waals surface area (Å²) in [5, 5.41) is 0.409.